The van der Waals surface area contributed by atoms with Crippen LogP contribution in [-0.2, 0) is 11.3 Å². The number of aromatic nitrogens is 2. The highest BCUT2D eigenvalue weighted by molar-refractivity contribution is 5.95. The molecule has 6 nitrogen and oxygen atoms in total. The maximum atomic E-state index is 11.5. The second-order valence-electron chi connectivity index (χ2n) is 7.11. The predicted octanol–water partition coefficient (Wildman–Crippen LogP) is 3.66. The summed E-state index contributed by atoms with van der Waals surface area (Å²) in [6.07, 6.45) is 1.84. The zero-order valence-corrected chi connectivity index (χ0v) is 15.8. The molecule has 0 saturated carbocycles. The number of hydrogen-bond donors (Lipinski definition) is 2. The van der Waals surface area contributed by atoms with Crippen molar-refractivity contribution in [3.63, 3.8) is 0 Å². The smallest absolute Gasteiger partial charge is 0.336 e. The monoisotopic (exact) mass is 377 g/mol. The largest absolute Gasteiger partial charge is 0.478 e. The number of carbonyl (C=O) groups is 1. The minimum absolute atomic E-state index is 0.0120. The molecule has 144 valence electrons. The van der Waals surface area contributed by atoms with Crippen LogP contribution < -0.4 is 0 Å². The Morgan fingerprint density at radius 2 is 2.04 bits per heavy atom. The van der Waals surface area contributed by atoms with E-state index in [1.807, 2.05) is 37.4 Å². The van der Waals surface area contributed by atoms with E-state index in [0.29, 0.717) is 12.2 Å². The number of aryl methyl sites for hydroxylation is 1. The summed E-state index contributed by atoms with van der Waals surface area (Å²) in [5.74, 6) is -0.909. The Morgan fingerprint density at radius 1 is 1.25 bits per heavy atom. The van der Waals surface area contributed by atoms with E-state index in [1.165, 1.54) is 5.56 Å². The van der Waals surface area contributed by atoms with Crippen LogP contribution >= 0.6 is 0 Å². The second kappa shape index (κ2) is 7.96. The fraction of sp³-hybridized carbons (Fsp3) is 0.273. The quantitative estimate of drug-likeness (QED) is 0.709. The van der Waals surface area contributed by atoms with Crippen LogP contribution in [0.5, 0.6) is 0 Å². The number of nitrogens with zero attached hydrogens (tertiary/aromatic N) is 2. The van der Waals surface area contributed by atoms with Crippen LogP contribution in [0.15, 0.2) is 54.7 Å². The molecule has 0 radical (unpaired) electrons. The number of carboxylic acid groups (broad SMARTS) is 1. The molecule has 2 aromatic carbocycles. The molecule has 0 unspecified atom stereocenters. The van der Waals surface area contributed by atoms with E-state index in [-0.39, 0.29) is 6.10 Å². The number of nitrogens with one attached hydrogen (secondary N) is 1. The number of benzene rings is 2. The van der Waals surface area contributed by atoms with Crippen LogP contribution in [-0.4, -0.2) is 45.9 Å². The van der Waals surface area contributed by atoms with E-state index in [9.17, 15) is 9.90 Å². The minimum Gasteiger partial charge on any atom is -0.478 e. The highest BCUT2D eigenvalue weighted by Crippen LogP contribution is 2.26. The number of hydrogen-bond acceptors (Lipinski definition) is 4. The van der Waals surface area contributed by atoms with Crippen LogP contribution in [0.1, 0.15) is 33.3 Å². The molecule has 0 amide bonds. The van der Waals surface area contributed by atoms with Gasteiger partial charge >= 0.3 is 5.97 Å². The van der Waals surface area contributed by atoms with Gasteiger partial charge in [-0.3, -0.25) is 10.00 Å². The van der Waals surface area contributed by atoms with Crippen LogP contribution in [0.2, 0.25) is 0 Å². The Morgan fingerprint density at radius 3 is 2.75 bits per heavy atom. The number of aromatic amines is 1. The minimum atomic E-state index is -0.909. The van der Waals surface area contributed by atoms with Gasteiger partial charge in [0.25, 0.3) is 0 Å². The Bertz CT molecular complexity index is 965. The van der Waals surface area contributed by atoms with Gasteiger partial charge in [0.1, 0.15) is 6.10 Å². The first-order valence-electron chi connectivity index (χ1n) is 9.37. The molecule has 28 heavy (non-hydrogen) atoms. The van der Waals surface area contributed by atoms with E-state index >= 15 is 0 Å². The van der Waals surface area contributed by atoms with Gasteiger partial charge in [0, 0.05) is 19.6 Å². The molecule has 1 atom stereocenters. The molecule has 2 heterocycles. The highest BCUT2D eigenvalue weighted by Gasteiger charge is 2.24. The number of carboxylic acids is 1. The first kappa shape index (κ1) is 18.4. The van der Waals surface area contributed by atoms with Crippen LogP contribution in [0, 0.1) is 6.92 Å². The zero-order valence-electron chi connectivity index (χ0n) is 15.8. The molecular formula is C22H23N3O3. The SMILES string of the molecule is Cc1cn[nH]c1[C@H]1CN(Cc2ccc(-c3ccccc3C(=O)O)cc2)CCO1. The standard InChI is InChI=1S/C22H23N3O3/c1-15-12-23-24-21(15)20-14-25(10-11-28-20)13-16-6-8-17(9-7-16)18-4-2-3-5-19(18)22(26)27/h2-9,12,20H,10-11,13-14H2,1H3,(H,23,24)(H,26,27)/t20-/m1/s1. The second-order valence-corrected chi connectivity index (χ2v) is 7.11. The van der Waals surface area contributed by atoms with E-state index in [4.69, 9.17) is 4.74 Å². The van der Waals surface area contributed by atoms with Crippen molar-refractivity contribution in [2.24, 2.45) is 0 Å². The Hall–Kier alpha value is -2.96. The summed E-state index contributed by atoms with van der Waals surface area (Å²) in [5, 5.41) is 16.5. The maximum absolute atomic E-state index is 11.5. The first-order valence-corrected chi connectivity index (χ1v) is 9.37. The number of aromatic carboxylic acids is 1. The van der Waals surface area contributed by atoms with Gasteiger partial charge in [0.2, 0.25) is 0 Å². The van der Waals surface area contributed by atoms with Gasteiger partial charge < -0.3 is 9.84 Å². The lowest BCUT2D eigenvalue weighted by molar-refractivity contribution is -0.0352. The van der Waals surface area contributed by atoms with Gasteiger partial charge in [0.05, 0.1) is 24.1 Å². The lowest BCUT2D eigenvalue weighted by Crippen LogP contribution is -2.38. The average Bonchev–Trinajstić information content (AvgIpc) is 3.15. The van der Waals surface area contributed by atoms with E-state index in [0.717, 1.165) is 42.0 Å². The summed E-state index contributed by atoms with van der Waals surface area (Å²) in [6.45, 7) is 5.25. The fourth-order valence-corrected chi connectivity index (χ4v) is 3.67. The molecule has 3 aromatic rings. The normalized spacial score (nSPS) is 17.5. The van der Waals surface area contributed by atoms with Crippen LogP contribution in [0.25, 0.3) is 11.1 Å². The lowest BCUT2D eigenvalue weighted by Gasteiger charge is -2.32. The molecule has 1 aromatic heterocycles. The number of H-pyrrole nitrogens is 1. The summed E-state index contributed by atoms with van der Waals surface area (Å²) >= 11 is 0. The van der Waals surface area contributed by atoms with Crippen molar-refractivity contribution in [3.05, 3.63) is 77.1 Å². The van der Waals surface area contributed by atoms with Gasteiger partial charge in [-0.2, -0.15) is 5.10 Å². The third-order valence-electron chi connectivity index (χ3n) is 5.17. The Labute approximate surface area is 163 Å². The van der Waals surface area contributed by atoms with Crippen molar-refractivity contribution in [3.8, 4) is 11.1 Å². The van der Waals surface area contributed by atoms with Crippen molar-refractivity contribution in [2.45, 2.75) is 19.6 Å². The molecule has 6 heteroatoms. The lowest BCUT2D eigenvalue weighted by atomic mass is 9.98. The molecule has 0 bridgehead atoms. The molecule has 1 fully saturated rings. The number of ether oxygens (including phenoxy) is 1. The first-order chi connectivity index (χ1) is 13.6. The highest BCUT2D eigenvalue weighted by atomic mass is 16.5. The van der Waals surface area contributed by atoms with Crippen molar-refractivity contribution >= 4 is 5.97 Å². The van der Waals surface area contributed by atoms with Gasteiger partial charge in [-0.05, 0) is 35.2 Å². The van der Waals surface area contributed by atoms with Crippen LogP contribution in [0.3, 0.4) is 0 Å². The van der Waals surface area contributed by atoms with Crippen molar-refractivity contribution in [1.29, 1.82) is 0 Å². The van der Waals surface area contributed by atoms with Gasteiger partial charge in [0.15, 0.2) is 0 Å². The summed E-state index contributed by atoms with van der Waals surface area (Å²) in [6, 6.07) is 15.2. The van der Waals surface area contributed by atoms with Crippen molar-refractivity contribution in [2.75, 3.05) is 19.7 Å². The third kappa shape index (κ3) is 3.83. The molecule has 4 rings (SSSR count). The van der Waals surface area contributed by atoms with Crippen LogP contribution in [0.4, 0.5) is 0 Å². The van der Waals surface area contributed by atoms with E-state index < -0.39 is 5.97 Å². The Balaban J connectivity index is 1.46. The molecule has 2 N–H and O–H groups in total. The molecule has 1 aliphatic rings. The summed E-state index contributed by atoms with van der Waals surface area (Å²) in [4.78, 5) is 13.8. The number of rotatable bonds is 5. The molecule has 1 aliphatic heterocycles. The summed E-state index contributed by atoms with van der Waals surface area (Å²) in [7, 11) is 0. The zero-order chi connectivity index (χ0) is 19.5. The van der Waals surface area contributed by atoms with Gasteiger partial charge in [-0.1, -0.05) is 42.5 Å². The molecule has 0 spiro atoms. The van der Waals surface area contributed by atoms with Crippen molar-refractivity contribution < 1.29 is 14.6 Å². The van der Waals surface area contributed by atoms with Gasteiger partial charge in [-0.15, -0.1) is 0 Å². The van der Waals surface area contributed by atoms with E-state index in [1.54, 1.807) is 12.1 Å². The summed E-state index contributed by atoms with van der Waals surface area (Å²) in [5.41, 5.74) is 5.33. The molecule has 0 aliphatic carbocycles. The maximum Gasteiger partial charge on any atom is 0.336 e. The topological polar surface area (TPSA) is 78.5 Å². The summed E-state index contributed by atoms with van der Waals surface area (Å²) < 4.78 is 5.92. The van der Waals surface area contributed by atoms with Gasteiger partial charge in [-0.25, -0.2) is 4.79 Å². The third-order valence-corrected chi connectivity index (χ3v) is 5.17. The number of morpholine rings is 1. The Kier molecular flexibility index (Phi) is 5.23. The fourth-order valence-electron chi connectivity index (χ4n) is 3.67. The van der Waals surface area contributed by atoms with E-state index in [2.05, 4.69) is 27.2 Å². The average molecular weight is 377 g/mol. The van der Waals surface area contributed by atoms with Crippen molar-refractivity contribution in [1.82, 2.24) is 15.1 Å². The molecule has 1 saturated heterocycles. The molecular weight excluding hydrogens is 354 g/mol. The predicted molar refractivity (Wildman–Crippen MR) is 106 cm³/mol.